The van der Waals surface area contributed by atoms with E-state index in [4.69, 9.17) is 5.73 Å². The molecule has 2 aromatic rings. The van der Waals surface area contributed by atoms with Gasteiger partial charge in [0, 0.05) is 29.7 Å². The molecule has 0 aliphatic carbocycles. The number of pyridine rings is 1. The summed E-state index contributed by atoms with van der Waals surface area (Å²) in [6.45, 7) is 4.54. The van der Waals surface area contributed by atoms with Gasteiger partial charge in [0.15, 0.2) is 0 Å². The zero-order valence-corrected chi connectivity index (χ0v) is 11.7. The lowest BCUT2D eigenvalue weighted by Crippen LogP contribution is -2.35. The molecule has 0 radical (unpaired) electrons. The van der Waals surface area contributed by atoms with Crippen molar-refractivity contribution in [2.45, 2.75) is 32.9 Å². The van der Waals surface area contributed by atoms with Crippen LogP contribution in [0, 0.1) is 0 Å². The predicted molar refractivity (Wildman–Crippen MR) is 77.2 cm³/mol. The van der Waals surface area contributed by atoms with Gasteiger partial charge in [0.25, 0.3) is 5.91 Å². The molecule has 2 rings (SSSR count). The van der Waals surface area contributed by atoms with Gasteiger partial charge in [-0.15, -0.1) is 0 Å². The Labute approximate surface area is 118 Å². The Morgan fingerprint density at radius 1 is 1.50 bits per heavy atom. The monoisotopic (exact) mass is 273 g/mol. The van der Waals surface area contributed by atoms with Gasteiger partial charge in [0.1, 0.15) is 5.82 Å². The van der Waals surface area contributed by atoms with Gasteiger partial charge in [-0.3, -0.25) is 9.48 Å². The lowest BCUT2D eigenvalue weighted by molar-refractivity contribution is 0.0936. The third kappa shape index (κ3) is 3.57. The van der Waals surface area contributed by atoms with Crippen molar-refractivity contribution in [3.63, 3.8) is 0 Å². The van der Waals surface area contributed by atoms with Gasteiger partial charge in [-0.05, 0) is 31.5 Å². The maximum absolute atomic E-state index is 12.2. The van der Waals surface area contributed by atoms with Gasteiger partial charge in [-0.1, -0.05) is 6.92 Å². The highest BCUT2D eigenvalue weighted by molar-refractivity contribution is 5.95. The van der Waals surface area contributed by atoms with Crippen molar-refractivity contribution in [1.29, 1.82) is 0 Å². The van der Waals surface area contributed by atoms with Crippen molar-refractivity contribution in [2.24, 2.45) is 0 Å². The van der Waals surface area contributed by atoms with E-state index >= 15 is 0 Å². The molecule has 0 spiro atoms. The lowest BCUT2D eigenvalue weighted by atomic mass is 10.1. The Balaban J connectivity index is 2.02. The first-order valence-corrected chi connectivity index (χ1v) is 6.63. The summed E-state index contributed by atoms with van der Waals surface area (Å²) < 4.78 is 1.78. The largest absolute Gasteiger partial charge is 0.384 e. The molecule has 0 aliphatic heterocycles. The van der Waals surface area contributed by atoms with E-state index in [9.17, 15) is 4.79 Å². The lowest BCUT2D eigenvalue weighted by Gasteiger charge is -2.14. The third-order valence-electron chi connectivity index (χ3n) is 2.92. The minimum Gasteiger partial charge on any atom is -0.384 e. The second-order valence-corrected chi connectivity index (χ2v) is 4.73. The second kappa shape index (κ2) is 6.18. The molecule has 1 amide bonds. The summed E-state index contributed by atoms with van der Waals surface area (Å²) in [4.78, 5) is 16.3. The number of nitrogens with zero attached hydrogens (tertiary/aromatic N) is 3. The molecule has 6 heteroatoms. The molecule has 0 aromatic carbocycles. The topological polar surface area (TPSA) is 85.8 Å². The Morgan fingerprint density at radius 2 is 2.30 bits per heavy atom. The standard InChI is InChI=1S/C14H19N5O/c1-3-12-7-11(8-13(15)18-12)14(20)17-10(2)9-19-6-4-5-16-19/h4-8,10H,3,9H2,1-2H3,(H2,15,18)(H,17,20). The van der Waals surface area contributed by atoms with Gasteiger partial charge in [0.2, 0.25) is 0 Å². The number of carbonyl (C=O) groups is 1. The molecule has 20 heavy (non-hydrogen) atoms. The number of rotatable bonds is 5. The zero-order valence-electron chi connectivity index (χ0n) is 11.7. The van der Waals surface area contributed by atoms with E-state index in [2.05, 4.69) is 15.4 Å². The maximum Gasteiger partial charge on any atom is 0.251 e. The van der Waals surface area contributed by atoms with Crippen molar-refractivity contribution in [2.75, 3.05) is 5.73 Å². The first kappa shape index (κ1) is 14.0. The van der Waals surface area contributed by atoms with Crippen molar-refractivity contribution >= 4 is 11.7 Å². The highest BCUT2D eigenvalue weighted by atomic mass is 16.1. The molecule has 2 heterocycles. The van der Waals surface area contributed by atoms with Gasteiger partial charge >= 0.3 is 0 Å². The smallest absolute Gasteiger partial charge is 0.251 e. The van der Waals surface area contributed by atoms with Crippen LogP contribution >= 0.6 is 0 Å². The van der Waals surface area contributed by atoms with Gasteiger partial charge in [-0.25, -0.2) is 4.98 Å². The molecule has 1 unspecified atom stereocenters. The van der Waals surface area contributed by atoms with E-state index < -0.39 is 0 Å². The minimum absolute atomic E-state index is 0.0260. The van der Waals surface area contributed by atoms with Gasteiger partial charge < -0.3 is 11.1 Å². The van der Waals surface area contributed by atoms with Crippen LogP contribution in [0.2, 0.25) is 0 Å². The predicted octanol–water partition coefficient (Wildman–Crippen LogP) is 1.24. The Bertz CT molecular complexity index is 579. The van der Waals surface area contributed by atoms with Gasteiger partial charge in [-0.2, -0.15) is 5.10 Å². The number of amides is 1. The summed E-state index contributed by atoms with van der Waals surface area (Å²) in [6, 6.07) is 5.19. The fourth-order valence-corrected chi connectivity index (χ4v) is 1.96. The summed E-state index contributed by atoms with van der Waals surface area (Å²) in [7, 11) is 0. The number of hydrogen-bond acceptors (Lipinski definition) is 4. The quantitative estimate of drug-likeness (QED) is 0.858. The SMILES string of the molecule is CCc1cc(C(=O)NC(C)Cn2cccn2)cc(N)n1. The van der Waals surface area contributed by atoms with E-state index in [1.54, 1.807) is 23.0 Å². The second-order valence-electron chi connectivity index (χ2n) is 4.73. The van der Waals surface area contributed by atoms with Crippen LogP contribution in [0.4, 0.5) is 5.82 Å². The van der Waals surface area contributed by atoms with Crippen LogP contribution in [0.5, 0.6) is 0 Å². The Kier molecular flexibility index (Phi) is 4.34. The van der Waals surface area contributed by atoms with Crippen LogP contribution < -0.4 is 11.1 Å². The third-order valence-corrected chi connectivity index (χ3v) is 2.92. The van der Waals surface area contributed by atoms with E-state index in [0.717, 1.165) is 12.1 Å². The molecule has 106 valence electrons. The number of nitrogens with two attached hydrogens (primary N) is 1. The summed E-state index contributed by atoms with van der Waals surface area (Å²) in [6.07, 6.45) is 4.32. The van der Waals surface area contributed by atoms with Crippen molar-refractivity contribution < 1.29 is 4.79 Å². The Morgan fingerprint density at radius 3 is 2.95 bits per heavy atom. The fraction of sp³-hybridized carbons (Fsp3) is 0.357. The minimum atomic E-state index is -0.145. The van der Waals surface area contributed by atoms with E-state index in [1.165, 1.54) is 0 Å². The van der Waals surface area contributed by atoms with Crippen LogP contribution in [-0.2, 0) is 13.0 Å². The van der Waals surface area contributed by atoms with Crippen LogP contribution in [-0.4, -0.2) is 26.7 Å². The molecular formula is C14H19N5O. The number of aromatic nitrogens is 3. The average Bonchev–Trinajstić information content (AvgIpc) is 2.90. The van der Waals surface area contributed by atoms with Crippen molar-refractivity contribution in [3.05, 3.63) is 41.9 Å². The summed E-state index contributed by atoms with van der Waals surface area (Å²) in [5, 5.41) is 7.04. The number of nitrogens with one attached hydrogen (secondary N) is 1. The van der Waals surface area contributed by atoms with E-state index in [-0.39, 0.29) is 11.9 Å². The molecule has 0 saturated carbocycles. The van der Waals surface area contributed by atoms with Crippen molar-refractivity contribution in [3.8, 4) is 0 Å². The normalized spacial score (nSPS) is 12.1. The number of anilines is 1. The number of nitrogen functional groups attached to an aromatic ring is 1. The van der Waals surface area contributed by atoms with Crippen LogP contribution in [0.25, 0.3) is 0 Å². The average molecular weight is 273 g/mol. The van der Waals surface area contributed by atoms with Gasteiger partial charge in [0.05, 0.1) is 6.54 Å². The highest BCUT2D eigenvalue weighted by Crippen LogP contribution is 2.09. The van der Waals surface area contributed by atoms with Crippen LogP contribution in [0.1, 0.15) is 29.9 Å². The number of aryl methyl sites for hydroxylation is 1. The summed E-state index contributed by atoms with van der Waals surface area (Å²) >= 11 is 0. The van der Waals surface area contributed by atoms with Crippen molar-refractivity contribution in [1.82, 2.24) is 20.1 Å². The maximum atomic E-state index is 12.2. The molecule has 6 nitrogen and oxygen atoms in total. The zero-order chi connectivity index (χ0) is 14.5. The van der Waals surface area contributed by atoms with E-state index in [1.807, 2.05) is 26.1 Å². The van der Waals surface area contributed by atoms with Crippen LogP contribution in [0.15, 0.2) is 30.6 Å². The first-order valence-electron chi connectivity index (χ1n) is 6.63. The molecule has 0 saturated heterocycles. The Hall–Kier alpha value is -2.37. The molecule has 1 atom stereocenters. The summed E-state index contributed by atoms with van der Waals surface area (Å²) in [5.74, 6) is 0.225. The van der Waals surface area contributed by atoms with Crippen LogP contribution in [0.3, 0.4) is 0 Å². The molecular weight excluding hydrogens is 254 g/mol. The molecule has 3 N–H and O–H groups in total. The molecule has 0 bridgehead atoms. The molecule has 2 aromatic heterocycles. The summed E-state index contributed by atoms with van der Waals surface area (Å²) in [5.41, 5.74) is 7.07. The van der Waals surface area contributed by atoms with E-state index in [0.29, 0.717) is 17.9 Å². The highest BCUT2D eigenvalue weighted by Gasteiger charge is 2.12. The number of hydrogen-bond donors (Lipinski definition) is 2. The first-order chi connectivity index (χ1) is 9.58. The molecule has 0 fully saturated rings. The number of carbonyl (C=O) groups excluding carboxylic acids is 1. The molecule has 0 aliphatic rings. The fourth-order valence-electron chi connectivity index (χ4n) is 1.96.